The standard InChI is InChI=1S/C25H28N2O5/c1-15(2)21(23(28)27-12-16(13-27)24(29)30)11-26-25(31)32-14-22-19-9-5-3-7-17(19)18-8-4-6-10-20(18)22/h3-10,15-16,21-22H,11-14H2,1-2H3,(H,26,31)(H,29,30). The van der Waals surface area contributed by atoms with Crippen molar-refractivity contribution in [2.45, 2.75) is 19.8 Å². The molecular weight excluding hydrogens is 408 g/mol. The van der Waals surface area contributed by atoms with Gasteiger partial charge in [0.15, 0.2) is 0 Å². The first-order valence-electron chi connectivity index (χ1n) is 11.0. The molecule has 0 spiro atoms. The zero-order valence-corrected chi connectivity index (χ0v) is 18.3. The van der Waals surface area contributed by atoms with E-state index in [1.807, 2.05) is 38.1 Å². The van der Waals surface area contributed by atoms with E-state index in [0.717, 1.165) is 22.3 Å². The van der Waals surface area contributed by atoms with Crippen molar-refractivity contribution >= 4 is 18.0 Å². The van der Waals surface area contributed by atoms with Gasteiger partial charge < -0.3 is 20.1 Å². The average Bonchev–Trinajstić information content (AvgIpc) is 3.04. The van der Waals surface area contributed by atoms with Crippen LogP contribution in [0.4, 0.5) is 4.79 Å². The second kappa shape index (κ2) is 9.02. The Morgan fingerprint density at radius 3 is 2.12 bits per heavy atom. The molecule has 1 aliphatic heterocycles. The Morgan fingerprint density at radius 2 is 1.59 bits per heavy atom. The number of benzene rings is 2. The first-order valence-corrected chi connectivity index (χ1v) is 11.0. The Morgan fingerprint density at radius 1 is 1.03 bits per heavy atom. The normalized spacial score (nSPS) is 16.2. The molecular formula is C25H28N2O5. The zero-order chi connectivity index (χ0) is 22.8. The number of alkyl carbamates (subject to hydrolysis) is 1. The average molecular weight is 437 g/mol. The van der Waals surface area contributed by atoms with Gasteiger partial charge in [-0.2, -0.15) is 0 Å². The van der Waals surface area contributed by atoms with Crippen LogP contribution < -0.4 is 5.32 Å². The summed E-state index contributed by atoms with van der Waals surface area (Å²) < 4.78 is 5.55. The summed E-state index contributed by atoms with van der Waals surface area (Å²) in [5.74, 6) is -1.96. The molecule has 1 fully saturated rings. The van der Waals surface area contributed by atoms with Crippen molar-refractivity contribution in [3.63, 3.8) is 0 Å². The van der Waals surface area contributed by atoms with E-state index in [2.05, 4.69) is 29.6 Å². The van der Waals surface area contributed by atoms with Gasteiger partial charge in [-0.1, -0.05) is 62.4 Å². The summed E-state index contributed by atoms with van der Waals surface area (Å²) in [7, 11) is 0. The van der Waals surface area contributed by atoms with Crippen molar-refractivity contribution in [3.05, 3.63) is 59.7 Å². The number of nitrogens with one attached hydrogen (secondary N) is 1. The molecule has 2 aliphatic rings. The van der Waals surface area contributed by atoms with Crippen LogP contribution >= 0.6 is 0 Å². The predicted octanol–water partition coefficient (Wildman–Crippen LogP) is 3.34. The molecule has 7 nitrogen and oxygen atoms in total. The SMILES string of the molecule is CC(C)C(CNC(=O)OCC1c2ccccc2-c2ccccc21)C(=O)N1CC(C(=O)O)C1. The number of carboxylic acids is 1. The molecule has 1 atom stereocenters. The monoisotopic (exact) mass is 436 g/mol. The number of nitrogens with zero attached hydrogens (tertiary/aromatic N) is 1. The number of aliphatic carboxylic acids is 1. The van der Waals surface area contributed by atoms with E-state index < -0.39 is 23.9 Å². The minimum atomic E-state index is -0.882. The molecule has 0 bridgehead atoms. The summed E-state index contributed by atoms with van der Waals surface area (Å²) >= 11 is 0. The second-order valence-corrected chi connectivity index (χ2v) is 8.84. The van der Waals surface area contributed by atoms with Crippen molar-refractivity contribution in [3.8, 4) is 11.1 Å². The van der Waals surface area contributed by atoms with Crippen molar-refractivity contribution in [2.24, 2.45) is 17.8 Å². The van der Waals surface area contributed by atoms with Crippen LogP contribution in [0.3, 0.4) is 0 Å². The summed E-state index contributed by atoms with van der Waals surface area (Å²) in [6.07, 6.45) is -0.558. The number of hydrogen-bond acceptors (Lipinski definition) is 4. The van der Waals surface area contributed by atoms with E-state index >= 15 is 0 Å². The Kier molecular flexibility index (Phi) is 6.17. The maximum Gasteiger partial charge on any atom is 0.407 e. The van der Waals surface area contributed by atoms with E-state index in [4.69, 9.17) is 9.84 Å². The van der Waals surface area contributed by atoms with Crippen molar-refractivity contribution in [2.75, 3.05) is 26.2 Å². The number of rotatable bonds is 7. The molecule has 1 heterocycles. The highest BCUT2D eigenvalue weighted by molar-refractivity contribution is 5.83. The second-order valence-electron chi connectivity index (χ2n) is 8.84. The number of ether oxygens (including phenoxy) is 1. The Hall–Kier alpha value is -3.35. The summed E-state index contributed by atoms with van der Waals surface area (Å²) in [6, 6.07) is 16.3. The highest BCUT2D eigenvalue weighted by atomic mass is 16.5. The van der Waals surface area contributed by atoms with Crippen molar-refractivity contribution in [1.82, 2.24) is 10.2 Å². The number of hydrogen-bond donors (Lipinski definition) is 2. The van der Waals surface area contributed by atoms with Gasteiger partial charge in [0.05, 0.1) is 11.8 Å². The van der Waals surface area contributed by atoms with Gasteiger partial charge in [-0.15, -0.1) is 0 Å². The number of carbonyl (C=O) groups is 3. The Bertz CT molecular complexity index is 983. The quantitative estimate of drug-likeness (QED) is 0.694. The number of fused-ring (bicyclic) bond motifs is 3. The molecule has 168 valence electrons. The molecule has 2 N–H and O–H groups in total. The number of likely N-dealkylation sites (tertiary alicyclic amines) is 1. The van der Waals surface area contributed by atoms with E-state index in [0.29, 0.717) is 0 Å². The van der Waals surface area contributed by atoms with Crippen LogP contribution in [0.1, 0.15) is 30.9 Å². The van der Waals surface area contributed by atoms with E-state index in [1.54, 1.807) is 4.90 Å². The third-order valence-corrected chi connectivity index (χ3v) is 6.47. The molecule has 32 heavy (non-hydrogen) atoms. The third kappa shape index (κ3) is 4.20. The molecule has 4 rings (SSSR count). The highest BCUT2D eigenvalue weighted by Crippen LogP contribution is 2.44. The van der Waals surface area contributed by atoms with Gasteiger partial charge in [-0.3, -0.25) is 9.59 Å². The smallest absolute Gasteiger partial charge is 0.407 e. The number of carbonyl (C=O) groups excluding carboxylic acids is 2. The molecule has 0 saturated carbocycles. The summed E-state index contributed by atoms with van der Waals surface area (Å²) in [5.41, 5.74) is 4.61. The van der Waals surface area contributed by atoms with Gasteiger partial charge in [0.1, 0.15) is 6.61 Å². The Labute approximate surface area is 187 Å². The van der Waals surface area contributed by atoms with Gasteiger partial charge in [0, 0.05) is 25.6 Å². The third-order valence-electron chi connectivity index (χ3n) is 6.47. The molecule has 2 aromatic carbocycles. The molecule has 2 aromatic rings. The summed E-state index contributed by atoms with van der Waals surface area (Å²) in [6.45, 7) is 4.64. The lowest BCUT2D eigenvalue weighted by Gasteiger charge is -2.39. The van der Waals surface area contributed by atoms with Crippen LogP contribution in [-0.4, -0.2) is 54.2 Å². The molecule has 1 saturated heterocycles. The van der Waals surface area contributed by atoms with Crippen LogP contribution in [0.2, 0.25) is 0 Å². The molecule has 0 radical (unpaired) electrons. The Balaban J connectivity index is 1.33. The van der Waals surface area contributed by atoms with Crippen molar-refractivity contribution < 1.29 is 24.2 Å². The zero-order valence-electron chi connectivity index (χ0n) is 18.3. The fourth-order valence-corrected chi connectivity index (χ4v) is 4.50. The minimum absolute atomic E-state index is 0.000244. The first-order chi connectivity index (χ1) is 15.4. The maximum atomic E-state index is 12.7. The van der Waals surface area contributed by atoms with Crippen LogP contribution in [0.25, 0.3) is 11.1 Å². The number of carboxylic acid groups (broad SMARTS) is 1. The number of amides is 2. The molecule has 2 amide bonds. The largest absolute Gasteiger partial charge is 0.481 e. The van der Waals surface area contributed by atoms with E-state index in [-0.39, 0.29) is 44.0 Å². The van der Waals surface area contributed by atoms with Crippen molar-refractivity contribution in [1.29, 1.82) is 0 Å². The first kappa shape index (κ1) is 21.9. The van der Waals surface area contributed by atoms with Gasteiger partial charge in [-0.05, 0) is 28.2 Å². The highest BCUT2D eigenvalue weighted by Gasteiger charge is 2.39. The van der Waals surface area contributed by atoms with E-state index in [1.165, 1.54) is 0 Å². The van der Waals surface area contributed by atoms with Crippen LogP contribution in [-0.2, 0) is 14.3 Å². The lowest BCUT2D eigenvalue weighted by molar-refractivity contribution is -0.155. The van der Waals surface area contributed by atoms with Crippen LogP contribution in [0.5, 0.6) is 0 Å². The molecule has 1 unspecified atom stereocenters. The molecule has 1 aliphatic carbocycles. The lowest BCUT2D eigenvalue weighted by Crippen LogP contribution is -2.56. The predicted molar refractivity (Wildman–Crippen MR) is 119 cm³/mol. The molecule has 7 heteroatoms. The van der Waals surface area contributed by atoms with Gasteiger partial charge >= 0.3 is 12.1 Å². The lowest BCUT2D eigenvalue weighted by atomic mass is 9.91. The maximum absolute atomic E-state index is 12.7. The molecule has 0 aromatic heterocycles. The summed E-state index contributed by atoms with van der Waals surface area (Å²) in [5, 5.41) is 11.7. The minimum Gasteiger partial charge on any atom is -0.481 e. The van der Waals surface area contributed by atoms with Gasteiger partial charge in [0.25, 0.3) is 0 Å². The van der Waals surface area contributed by atoms with Gasteiger partial charge in [0.2, 0.25) is 5.91 Å². The topological polar surface area (TPSA) is 95.9 Å². The summed E-state index contributed by atoms with van der Waals surface area (Å²) in [4.78, 5) is 37.7. The fourth-order valence-electron chi connectivity index (χ4n) is 4.50. The van der Waals surface area contributed by atoms with E-state index in [9.17, 15) is 14.4 Å². The fraction of sp³-hybridized carbons (Fsp3) is 0.400. The van der Waals surface area contributed by atoms with Gasteiger partial charge in [-0.25, -0.2) is 4.79 Å². The van der Waals surface area contributed by atoms with Crippen LogP contribution in [0.15, 0.2) is 48.5 Å². The van der Waals surface area contributed by atoms with Crippen LogP contribution in [0, 0.1) is 17.8 Å².